The highest BCUT2D eigenvalue weighted by Crippen LogP contribution is 2.28. The lowest BCUT2D eigenvalue weighted by Gasteiger charge is -2.13. The molecule has 130 valence electrons. The second-order valence-corrected chi connectivity index (χ2v) is 5.72. The van der Waals surface area contributed by atoms with Crippen molar-refractivity contribution in [2.45, 2.75) is 6.92 Å². The van der Waals surface area contributed by atoms with E-state index in [1.807, 2.05) is 36.4 Å². The van der Waals surface area contributed by atoms with E-state index in [1.54, 1.807) is 29.3 Å². The van der Waals surface area contributed by atoms with Gasteiger partial charge >= 0.3 is 0 Å². The third-order valence-corrected chi connectivity index (χ3v) is 3.80. The first kappa shape index (κ1) is 17.3. The fourth-order valence-electron chi connectivity index (χ4n) is 2.68. The highest BCUT2D eigenvalue weighted by molar-refractivity contribution is 6.54. The summed E-state index contributed by atoms with van der Waals surface area (Å²) in [6.07, 6.45) is 3.24. The zero-order valence-electron chi connectivity index (χ0n) is 14.3. The maximum absolute atomic E-state index is 12.6. The Labute approximate surface area is 151 Å². The molecule has 0 unspecified atom stereocenters. The molecule has 1 heterocycles. The minimum Gasteiger partial charge on any atom is -0.326 e. The number of amides is 2. The molecule has 1 aliphatic rings. The van der Waals surface area contributed by atoms with Crippen LogP contribution in [0.15, 0.2) is 71.4 Å². The van der Waals surface area contributed by atoms with E-state index in [1.165, 1.54) is 6.92 Å². The molecule has 0 saturated carbocycles. The first-order valence-corrected chi connectivity index (χ1v) is 8.11. The van der Waals surface area contributed by atoms with Crippen molar-refractivity contribution in [3.05, 3.63) is 72.3 Å². The van der Waals surface area contributed by atoms with E-state index >= 15 is 0 Å². The highest BCUT2D eigenvalue weighted by atomic mass is 16.2. The number of benzene rings is 2. The maximum Gasteiger partial charge on any atom is 0.279 e. The van der Waals surface area contributed by atoms with Gasteiger partial charge in [0.25, 0.3) is 5.91 Å². The summed E-state index contributed by atoms with van der Waals surface area (Å²) in [4.78, 5) is 25.2. The van der Waals surface area contributed by atoms with Gasteiger partial charge in [-0.2, -0.15) is 5.10 Å². The van der Waals surface area contributed by atoms with Crippen molar-refractivity contribution < 1.29 is 9.59 Å². The quantitative estimate of drug-likeness (QED) is 0.513. The number of carbonyl (C=O) groups is 2. The summed E-state index contributed by atoms with van der Waals surface area (Å²) in [5.74, 6) is -0.315. The lowest BCUT2D eigenvalue weighted by Crippen LogP contribution is -2.30. The molecule has 2 aromatic rings. The van der Waals surface area contributed by atoms with Crippen LogP contribution in [0.3, 0.4) is 0 Å². The smallest absolute Gasteiger partial charge is 0.279 e. The van der Waals surface area contributed by atoms with Crippen molar-refractivity contribution in [3.63, 3.8) is 0 Å². The van der Waals surface area contributed by atoms with Crippen molar-refractivity contribution in [1.29, 1.82) is 0 Å². The van der Waals surface area contributed by atoms with Gasteiger partial charge in [0.1, 0.15) is 0 Å². The number of rotatable bonds is 5. The van der Waals surface area contributed by atoms with Gasteiger partial charge in [0.15, 0.2) is 5.71 Å². The number of para-hydroxylation sites is 1. The highest BCUT2D eigenvalue weighted by Gasteiger charge is 2.32. The van der Waals surface area contributed by atoms with Crippen LogP contribution in [0.25, 0.3) is 0 Å². The lowest BCUT2D eigenvalue weighted by molar-refractivity contribution is -0.114. The van der Waals surface area contributed by atoms with Crippen molar-refractivity contribution >= 4 is 35.1 Å². The molecule has 3 rings (SSSR count). The van der Waals surface area contributed by atoms with Crippen LogP contribution in [0.4, 0.5) is 11.4 Å². The van der Waals surface area contributed by atoms with E-state index in [4.69, 9.17) is 0 Å². The Morgan fingerprint density at radius 1 is 1.19 bits per heavy atom. The van der Waals surface area contributed by atoms with E-state index in [2.05, 4.69) is 22.1 Å². The van der Waals surface area contributed by atoms with Crippen LogP contribution in [0, 0.1) is 0 Å². The molecule has 26 heavy (non-hydrogen) atoms. The molecule has 6 nitrogen and oxygen atoms in total. The van der Waals surface area contributed by atoms with Gasteiger partial charge in [-0.05, 0) is 23.8 Å². The fraction of sp³-hybridized carbons (Fsp3) is 0.100. The van der Waals surface area contributed by atoms with Crippen molar-refractivity contribution in [3.8, 4) is 0 Å². The maximum atomic E-state index is 12.6. The molecule has 0 fully saturated rings. The molecule has 0 saturated heterocycles. The zero-order valence-corrected chi connectivity index (χ0v) is 14.3. The molecule has 0 spiro atoms. The minimum atomic E-state index is -0.191. The normalized spacial score (nSPS) is 14.7. The molecule has 0 radical (unpaired) electrons. The van der Waals surface area contributed by atoms with Gasteiger partial charge in [0.2, 0.25) is 5.91 Å². The summed E-state index contributed by atoms with van der Waals surface area (Å²) in [5, 5.41) is 10.9. The number of hydrogen-bond donors (Lipinski definition) is 1. The monoisotopic (exact) mass is 346 g/mol. The van der Waals surface area contributed by atoms with Crippen LogP contribution >= 0.6 is 0 Å². The first-order valence-electron chi connectivity index (χ1n) is 8.11. The fourth-order valence-corrected chi connectivity index (χ4v) is 2.68. The summed E-state index contributed by atoms with van der Waals surface area (Å²) in [7, 11) is 0. The van der Waals surface area contributed by atoms with Gasteiger partial charge in [0, 0.05) is 24.7 Å². The molecule has 6 heteroatoms. The third-order valence-electron chi connectivity index (χ3n) is 3.80. The van der Waals surface area contributed by atoms with Crippen molar-refractivity contribution in [1.82, 2.24) is 0 Å². The van der Waals surface area contributed by atoms with Crippen LogP contribution in [-0.4, -0.2) is 30.3 Å². The standard InChI is InChI=1S/C20H18N4O2/c1-3-12-24-18-7-5-4-6-17(18)19(20(24)26)23-21-13-15-8-10-16(11-9-15)22-14(2)25/h3-11,13H,1,12H2,2H3,(H,22,25)/b21-13-,23-19+. The number of carbonyl (C=O) groups excluding carboxylic acids is 2. The van der Waals surface area contributed by atoms with E-state index in [0.29, 0.717) is 17.9 Å². The Morgan fingerprint density at radius 3 is 2.62 bits per heavy atom. The average Bonchev–Trinajstić information content (AvgIpc) is 2.89. The number of fused-ring (bicyclic) bond motifs is 1. The van der Waals surface area contributed by atoms with Gasteiger partial charge in [-0.1, -0.05) is 36.4 Å². The molecule has 0 bridgehead atoms. The molecule has 2 aromatic carbocycles. The summed E-state index contributed by atoms with van der Waals surface area (Å²) in [5.41, 5.74) is 3.41. The van der Waals surface area contributed by atoms with E-state index in [0.717, 1.165) is 16.8 Å². The summed E-state index contributed by atoms with van der Waals surface area (Å²) < 4.78 is 0. The summed E-state index contributed by atoms with van der Waals surface area (Å²) >= 11 is 0. The van der Waals surface area contributed by atoms with Crippen LogP contribution in [0.5, 0.6) is 0 Å². The van der Waals surface area contributed by atoms with Gasteiger partial charge in [-0.3, -0.25) is 9.59 Å². The molecule has 0 atom stereocenters. The minimum absolute atomic E-state index is 0.125. The molecule has 1 aliphatic heterocycles. The van der Waals surface area contributed by atoms with E-state index in [9.17, 15) is 9.59 Å². The predicted molar refractivity (Wildman–Crippen MR) is 104 cm³/mol. The van der Waals surface area contributed by atoms with Gasteiger partial charge in [0.05, 0.1) is 11.9 Å². The SMILES string of the molecule is C=CCN1C(=O)/C(=N/N=C\c2ccc(NC(C)=O)cc2)c2ccccc21. The molecule has 0 aliphatic carbocycles. The van der Waals surface area contributed by atoms with Gasteiger partial charge in [-0.15, -0.1) is 11.7 Å². The molecular weight excluding hydrogens is 328 g/mol. The first-order chi connectivity index (χ1) is 12.6. The van der Waals surface area contributed by atoms with Crippen LogP contribution in [-0.2, 0) is 9.59 Å². The zero-order chi connectivity index (χ0) is 18.5. The largest absolute Gasteiger partial charge is 0.326 e. The third kappa shape index (κ3) is 3.59. The second-order valence-electron chi connectivity index (χ2n) is 5.72. The Balaban J connectivity index is 1.81. The number of hydrogen-bond acceptors (Lipinski definition) is 4. The van der Waals surface area contributed by atoms with E-state index in [-0.39, 0.29) is 11.8 Å². The van der Waals surface area contributed by atoms with Crippen molar-refractivity contribution in [2.75, 3.05) is 16.8 Å². The number of nitrogens with one attached hydrogen (secondary N) is 1. The molecule has 0 aromatic heterocycles. The Kier molecular flexibility index (Phi) is 5.03. The molecular formula is C20H18N4O2. The predicted octanol–water partition coefficient (Wildman–Crippen LogP) is 3.00. The van der Waals surface area contributed by atoms with Crippen LogP contribution in [0.2, 0.25) is 0 Å². The van der Waals surface area contributed by atoms with Gasteiger partial charge in [-0.25, -0.2) is 0 Å². The molecule has 2 amide bonds. The number of nitrogens with zero attached hydrogens (tertiary/aromatic N) is 3. The van der Waals surface area contributed by atoms with E-state index < -0.39 is 0 Å². The van der Waals surface area contributed by atoms with Crippen LogP contribution in [0.1, 0.15) is 18.1 Å². The van der Waals surface area contributed by atoms with Crippen LogP contribution < -0.4 is 10.2 Å². The Hall–Kier alpha value is -3.54. The Bertz CT molecular complexity index is 914. The lowest BCUT2D eigenvalue weighted by atomic mass is 10.1. The Morgan fingerprint density at radius 2 is 1.92 bits per heavy atom. The topological polar surface area (TPSA) is 74.1 Å². The molecule has 1 N–H and O–H groups in total. The van der Waals surface area contributed by atoms with Gasteiger partial charge < -0.3 is 10.2 Å². The average molecular weight is 346 g/mol. The second kappa shape index (κ2) is 7.57. The summed E-state index contributed by atoms with van der Waals surface area (Å²) in [6, 6.07) is 14.6. The number of anilines is 2. The van der Waals surface area contributed by atoms with Crippen molar-refractivity contribution in [2.24, 2.45) is 10.2 Å². The summed E-state index contributed by atoms with van der Waals surface area (Å²) in [6.45, 7) is 5.57.